The van der Waals surface area contributed by atoms with Gasteiger partial charge in [-0.1, -0.05) is 30.3 Å². The van der Waals surface area contributed by atoms with Crippen LogP contribution in [0.2, 0.25) is 0 Å². The molecule has 0 saturated carbocycles. The van der Waals surface area contributed by atoms with Crippen LogP contribution in [-0.2, 0) is 16.0 Å². The monoisotopic (exact) mass is 346 g/mol. The van der Waals surface area contributed by atoms with E-state index in [2.05, 4.69) is 17.4 Å². The van der Waals surface area contributed by atoms with Gasteiger partial charge in [-0.3, -0.25) is 9.59 Å². The number of piperazine rings is 1. The fourth-order valence-corrected chi connectivity index (χ4v) is 2.93. The minimum atomic E-state index is -0.383. The van der Waals surface area contributed by atoms with E-state index >= 15 is 0 Å². The van der Waals surface area contributed by atoms with E-state index in [0.717, 1.165) is 19.5 Å². The van der Waals surface area contributed by atoms with Gasteiger partial charge in [-0.25, -0.2) is 0 Å². The van der Waals surface area contributed by atoms with Gasteiger partial charge in [-0.2, -0.15) is 0 Å². The maximum Gasteiger partial charge on any atom is 0.312 e. The Morgan fingerprint density at radius 1 is 1.16 bits per heavy atom. The zero-order valence-electron chi connectivity index (χ0n) is 15.6. The van der Waals surface area contributed by atoms with Crippen molar-refractivity contribution in [3.63, 3.8) is 0 Å². The lowest BCUT2D eigenvalue weighted by atomic mass is 10.1. The van der Waals surface area contributed by atoms with E-state index in [9.17, 15) is 9.59 Å². The van der Waals surface area contributed by atoms with Crippen molar-refractivity contribution in [1.82, 2.24) is 20.0 Å². The molecule has 138 valence electrons. The fraction of sp³-hybridized carbons (Fsp3) is 0.579. The van der Waals surface area contributed by atoms with Gasteiger partial charge in [0.1, 0.15) is 0 Å². The molecule has 0 aromatic heterocycles. The molecule has 2 rings (SSSR count). The Morgan fingerprint density at radius 3 is 2.52 bits per heavy atom. The largest absolute Gasteiger partial charge is 0.333 e. The minimum absolute atomic E-state index is 0.227. The molecule has 0 radical (unpaired) electrons. The number of likely N-dealkylation sites (N-methyl/N-ethyl adjacent to an activating group) is 1. The van der Waals surface area contributed by atoms with Crippen molar-refractivity contribution in [2.24, 2.45) is 0 Å². The molecule has 6 nitrogen and oxygen atoms in total. The van der Waals surface area contributed by atoms with E-state index in [1.54, 1.807) is 9.80 Å². The highest BCUT2D eigenvalue weighted by molar-refractivity contribution is 6.34. The van der Waals surface area contributed by atoms with Gasteiger partial charge < -0.3 is 20.0 Å². The van der Waals surface area contributed by atoms with Crippen LogP contribution in [0.5, 0.6) is 0 Å². The number of carbonyl (C=O) groups is 2. The first-order chi connectivity index (χ1) is 12.0. The molecule has 1 aliphatic rings. The zero-order valence-corrected chi connectivity index (χ0v) is 15.6. The summed E-state index contributed by atoms with van der Waals surface area (Å²) < 4.78 is 0. The first kappa shape index (κ1) is 19.4. The Balaban J connectivity index is 1.99. The average Bonchev–Trinajstić information content (AvgIpc) is 2.61. The number of benzene rings is 1. The molecule has 0 aliphatic carbocycles. The lowest BCUT2D eigenvalue weighted by Crippen LogP contribution is -2.55. The lowest BCUT2D eigenvalue weighted by molar-refractivity contribution is -0.152. The summed E-state index contributed by atoms with van der Waals surface area (Å²) in [4.78, 5) is 30.8. The summed E-state index contributed by atoms with van der Waals surface area (Å²) in [5.74, 6) is -0.757. The highest BCUT2D eigenvalue weighted by atomic mass is 16.2. The van der Waals surface area contributed by atoms with Gasteiger partial charge in [0.15, 0.2) is 0 Å². The van der Waals surface area contributed by atoms with Gasteiger partial charge in [-0.15, -0.1) is 0 Å². The van der Waals surface area contributed by atoms with Crippen molar-refractivity contribution >= 4 is 11.8 Å². The van der Waals surface area contributed by atoms with Crippen molar-refractivity contribution < 1.29 is 9.59 Å². The predicted octanol–water partition coefficient (Wildman–Crippen LogP) is 0.440. The van der Waals surface area contributed by atoms with Crippen LogP contribution in [0.25, 0.3) is 0 Å². The van der Waals surface area contributed by atoms with Crippen LogP contribution in [-0.4, -0.2) is 85.9 Å². The van der Waals surface area contributed by atoms with Gasteiger partial charge in [0, 0.05) is 45.3 Å². The molecule has 1 saturated heterocycles. The Morgan fingerprint density at radius 2 is 1.88 bits per heavy atom. The van der Waals surface area contributed by atoms with Crippen LogP contribution in [0.15, 0.2) is 30.3 Å². The Bertz CT molecular complexity index is 562. The predicted molar refractivity (Wildman–Crippen MR) is 99.3 cm³/mol. The molecule has 25 heavy (non-hydrogen) atoms. The molecule has 1 atom stereocenters. The second-order valence-electron chi connectivity index (χ2n) is 6.94. The quantitative estimate of drug-likeness (QED) is 0.760. The van der Waals surface area contributed by atoms with Crippen molar-refractivity contribution in [1.29, 1.82) is 0 Å². The molecule has 0 spiro atoms. The molecule has 1 fully saturated rings. The first-order valence-electron chi connectivity index (χ1n) is 8.97. The summed E-state index contributed by atoms with van der Waals surface area (Å²) in [6, 6.07) is 10.3. The fourth-order valence-electron chi connectivity index (χ4n) is 2.93. The van der Waals surface area contributed by atoms with Crippen LogP contribution >= 0.6 is 0 Å². The molecule has 0 unspecified atom stereocenters. The van der Waals surface area contributed by atoms with Crippen molar-refractivity contribution in [3.8, 4) is 0 Å². The van der Waals surface area contributed by atoms with Gasteiger partial charge in [0.2, 0.25) is 0 Å². The lowest BCUT2D eigenvalue weighted by Gasteiger charge is -2.33. The number of nitrogens with one attached hydrogen (secondary N) is 1. The summed E-state index contributed by atoms with van der Waals surface area (Å²) in [5, 5.41) is 3.30. The van der Waals surface area contributed by atoms with Crippen LogP contribution in [0.1, 0.15) is 12.5 Å². The molecule has 6 heteroatoms. The van der Waals surface area contributed by atoms with E-state index in [1.165, 1.54) is 5.56 Å². The maximum absolute atomic E-state index is 12.8. The van der Waals surface area contributed by atoms with E-state index in [1.807, 2.05) is 44.1 Å². The third kappa shape index (κ3) is 6.14. The highest BCUT2D eigenvalue weighted by Gasteiger charge is 2.29. The normalized spacial score (nSPS) is 17.6. The van der Waals surface area contributed by atoms with Crippen molar-refractivity contribution in [2.75, 3.05) is 53.4 Å². The van der Waals surface area contributed by atoms with Gasteiger partial charge in [0.25, 0.3) is 0 Å². The van der Waals surface area contributed by atoms with Crippen LogP contribution in [0.4, 0.5) is 0 Å². The van der Waals surface area contributed by atoms with Crippen LogP contribution < -0.4 is 5.32 Å². The smallest absolute Gasteiger partial charge is 0.312 e. The van der Waals surface area contributed by atoms with Crippen molar-refractivity contribution in [3.05, 3.63) is 35.9 Å². The number of carbonyl (C=O) groups excluding carboxylic acids is 2. The van der Waals surface area contributed by atoms with Gasteiger partial charge >= 0.3 is 11.8 Å². The molecule has 1 aromatic carbocycles. The van der Waals surface area contributed by atoms with E-state index in [0.29, 0.717) is 26.2 Å². The maximum atomic E-state index is 12.8. The first-order valence-corrected chi connectivity index (χ1v) is 8.97. The van der Waals surface area contributed by atoms with Gasteiger partial charge in [0.05, 0.1) is 0 Å². The molecule has 1 heterocycles. The van der Waals surface area contributed by atoms with Crippen LogP contribution in [0.3, 0.4) is 0 Å². The molecule has 1 aromatic rings. The molecule has 2 amide bonds. The van der Waals surface area contributed by atoms with Crippen LogP contribution in [0, 0.1) is 0 Å². The Hall–Kier alpha value is -1.92. The molecule has 1 N–H and O–H groups in total. The second-order valence-corrected chi connectivity index (χ2v) is 6.94. The van der Waals surface area contributed by atoms with Crippen molar-refractivity contribution in [2.45, 2.75) is 19.4 Å². The summed E-state index contributed by atoms with van der Waals surface area (Å²) in [7, 11) is 3.94. The highest BCUT2D eigenvalue weighted by Crippen LogP contribution is 2.06. The standard InChI is InChI=1S/C19H30N4O2/c1-16-15-23(12-10-20-16)19(25)18(24)22(14-13-21(2)3)11-9-17-7-5-4-6-8-17/h4-8,16,20H,9-15H2,1-3H3/t16-/m0/s1. The number of rotatable bonds is 6. The third-order valence-electron chi connectivity index (χ3n) is 4.46. The zero-order chi connectivity index (χ0) is 18.2. The number of nitrogens with zero attached hydrogens (tertiary/aromatic N) is 3. The summed E-state index contributed by atoms with van der Waals surface area (Å²) in [5.41, 5.74) is 1.17. The molecular formula is C19H30N4O2. The SMILES string of the molecule is C[C@H]1CN(C(=O)C(=O)N(CCc2ccccc2)CCN(C)C)CCN1. The average molecular weight is 346 g/mol. The molecule has 1 aliphatic heterocycles. The Kier molecular flexibility index (Phi) is 7.40. The number of hydrogen-bond donors (Lipinski definition) is 1. The summed E-state index contributed by atoms with van der Waals surface area (Å²) >= 11 is 0. The summed E-state index contributed by atoms with van der Waals surface area (Å²) in [6.45, 7) is 5.81. The number of amides is 2. The topological polar surface area (TPSA) is 55.9 Å². The third-order valence-corrected chi connectivity index (χ3v) is 4.46. The molecule has 0 bridgehead atoms. The number of hydrogen-bond acceptors (Lipinski definition) is 4. The molecular weight excluding hydrogens is 316 g/mol. The Labute approximate surface area is 150 Å². The second kappa shape index (κ2) is 9.53. The summed E-state index contributed by atoms with van der Waals surface area (Å²) in [6.07, 6.45) is 0.755. The van der Waals surface area contributed by atoms with E-state index in [4.69, 9.17) is 0 Å². The van der Waals surface area contributed by atoms with E-state index < -0.39 is 0 Å². The van der Waals surface area contributed by atoms with E-state index in [-0.39, 0.29) is 17.9 Å². The van der Waals surface area contributed by atoms with Gasteiger partial charge in [-0.05, 0) is 33.0 Å². The minimum Gasteiger partial charge on any atom is -0.333 e.